The molecule has 0 bridgehead atoms. The smallest absolute Gasteiger partial charge is 0.264 e. The highest BCUT2D eigenvalue weighted by molar-refractivity contribution is 7.92. The predicted molar refractivity (Wildman–Crippen MR) is 111 cm³/mol. The molecule has 6 heteroatoms. The molecule has 0 fully saturated rings. The van der Waals surface area contributed by atoms with Crippen molar-refractivity contribution in [3.63, 3.8) is 0 Å². The van der Waals surface area contributed by atoms with Crippen LogP contribution in [0, 0.1) is 0 Å². The second-order valence-electron chi connectivity index (χ2n) is 6.24. The van der Waals surface area contributed by atoms with E-state index in [4.69, 9.17) is 9.47 Å². The lowest BCUT2D eigenvalue weighted by molar-refractivity contribution is 0.355. The van der Waals surface area contributed by atoms with Crippen molar-refractivity contribution in [2.24, 2.45) is 0 Å². The second-order valence-corrected chi connectivity index (χ2v) is 8.05. The normalized spacial score (nSPS) is 12.2. The van der Waals surface area contributed by atoms with E-state index in [2.05, 4.69) is 0 Å². The number of hydrogen-bond donors (Lipinski definition) is 0. The van der Waals surface area contributed by atoms with Gasteiger partial charge in [0, 0.05) is 6.07 Å². The Hall–Kier alpha value is -2.99. The van der Waals surface area contributed by atoms with Gasteiger partial charge in [-0.2, -0.15) is 0 Å². The number of nitrogens with zero attached hydrogens (tertiary/aromatic N) is 1. The van der Waals surface area contributed by atoms with E-state index in [0.717, 1.165) is 5.56 Å². The zero-order chi connectivity index (χ0) is 20.1. The summed E-state index contributed by atoms with van der Waals surface area (Å²) < 4.78 is 39.2. The Morgan fingerprint density at radius 2 is 1.36 bits per heavy atom. The fourth-order valence-electron chi connectivity index (χ4n) is 3.11. The van der Waals surface area contributed by atoms with Gasteiger partial charge in [0.15, 0.2) is 11.5 Å². The largest absolute Gasteiger partial charge is 0.493 e. The van der Waals surface area contributed by atoms with Gasteiger partial charge in [-0.3, -0.25) is 4.31 Å². The van der Waals surface area contributed by atoms with Crippen LogP contribution in [-0.4, -0.2) is 22.6 Å². The molecular weight excluding hydrogens is 374 g/mol. The lowest BCUT2D eigenvalue weighted by Gasteiger charge is -2.31. The van der Waals surface area contributed by atoms with Crippen LogP contribution in [0.1, 0.15) is 18.5 Å². The van der Waals surface area contributed by atoms with E-state index in [9.17, 15) is 8.42 Å². The molecule has 0 spiro atoms. The highest BCUT2D eigenvalue weighted by Crippen LogP contribution is 2.38. The van der Waals surface area contributed by atoms with Crippen molar-refractivity contribution in [3.05, 3.63) is 84.4 Å². The topological polar surface area (TPSA) is 55.8 Å². The van der Waals surface area contributed by atoms with E-state index < -0.39 is 16.1 Å². The monoisotopic (exact) mass is 397 g/mol. The summed E-state index contributed by atoms with van der Waals surface area (Å²) >= 11 is 0. The first-order valence-corrected chi connectivity index (χ1v) is 10.3. The quantitative estimate of drug-likeness (QED) is 0.582. The lowest BCUT2D eigenvalue weighted by Crippen LogP contribution is -2.33. The van der Waals surface area contributed by atoms with Crippen molar-refractivity contribution in [1.82, 2.24) is 0 Å². The van der Waals surface area contributed by atoms with Gasteiger partial charge in [-0.25, -0.2) is 8.42 Å². The summed E-state index contributed by atoms with van der Waals surface area (Å²) in [4.78, 5) is 0.229. The number of benzene rings is 3. The van der Waals surface area contributed by atoms with Crippen molar-refractivity contribution in [2.45, 2.75) is 17.9 Å². The Kier molecular flexibility index (Phi) is 5.90. The maximum Gasteiger partial charge on any atom is 0.264 e. The van der Waals surface area contributed by atoms with Crippen LogP contribution in [0.15, 0.2) is 83.8 Å². The third-order valence-corrected chi connectivity index (χ3v) is 6.47. The van der Waals surface area contributed by atoms with Crippen LogP contribution in [0.4, 0.5) is 5.69 Å². The van der Waals surface area contributed by atoms with Gasteiger partial charge in [0.25, 0.3) is 10.0 Å². The molecule has 0 saturated heterocycles. The SMILES string of the molecule is COc1ccc(N(C(C)c2ccccc2)S(=O)(=O)c2ccccc2)cc1OC. The van der Waals surface area contributed by atoms with Gasteiger partial charge >= 0.3 is 0 Å². The van der Waals surface area contributed by atoms with Crippen LogP contribution >= 0.6 is 0 Å². The molecule has 0 heterocycles. The summed E-state index contributed by atoms with van der Waals surface area (Å²) in [5, 5.41) is 0. The Morgan fingerprint density at radius 1 is 0.786 bits per heavy atom. The number of methoxy groups -OCH3 is 2. The molecule has 1 atom stereocenters. The average Bonchev–Trinajstić information content (AvgIpc) is 2.74. The second kappa shape index (κ2) is 8.35. The Morgan fingerprint density at radius 3 is 1.93 bits per heavy atom. The summed E-state index contributed by atoms with van der Waals surface area (Å²) in [6.45, 7) is 1.87. The van der Waals surface area contributed by atoms with E-state index >= 15 is 0 Å². The predicted octanol–water partition coefficient (Wildman–Crippen LogP) is 4.66. The first-order valence-electron chi connectivity index (χ1n) is 8.85. The Balaban J connectivity index is 2.18. The van der Waals surface area contributed by atoms with Gasteiger partial charge in [0.1, 0.15) is 0 Å². The number of ether oxygens (including phenoxy) is 2. The van der Waals surface area contributed by atoms with Gasteiger partial charge < -0.3 is 9.47 Å². The van der Waals surface area contributed by atoms with Crippen molar-refractivity contribution >= 4 is 15.7 Å². The molecule has 0 aliphatic rings. The van der Waals surface area contributed by atoms with E-state index in [1.165, 1.54) is 11.4 Å². The molecule has 28 heavy (non-hydrogen) atoms. The fraction of sp³-hybridized carbons (Fsp3) is 0.182. The van der Waals surface area contributed by atoms with Crippen molar-refractivity contribution in [3.8, 4) is 11.5 Å². The van der Waals surface area contributed by atoms with Gasteiger partial charge in [-0.15, -0.1) is 0 Å². The van der Waals surface area contributed by atoms with E-state index in [1.807, 2.05) is 37.3 Å². The number of anilines is 1. The minimum atomic E-state index is -3.81. The molecule has 3 rings (SSSR count). The molecule has 0 amide bonds. The minimum Gasteiger partial charge on any atom is -0.493 e. The molecule has 0 saturated carbocycles. The summed E-state index contributed by atoms with van der Waals surface area (Å²) in [5.41, 5.74) is 1.38. The highest BCUT2D eigenvalue weighted by atomic mass is 32.2. The zero-order valence-electron chi connectivity index (χ0n) is 16.1. The summed E-state index contributed by atoms with van der Waals surface area (Å²) in [7, 11) is -0.739. The molecule has 0 aliphatic carbocycles. The summed E-state index contributed by atoms with van der Waals surface area (Å²) in [6.07, 6.45) is 0. The van der Waals surface area contributed by atoms with Crippen LogP contribution < -0.4 is 13.8 Å². The van der Waals surface area contributed by atoms with Crippen molar-refractivity contribution in [1.29, 1.82) is 0 Å². The fourth-order valence-corrected chi connectivity index (χ4v) is 4.76. The highest BCUT2D eigenvalue weighted by Gasteiger charge is 2.31. The standard InChI is InChI=1S/C22H23NO4S/c1-17(18-10-6-4-7-11-18)23(28(24,25)20-12-8-5-9-13-20)19-14-15-21(26-2)22(16-19)27-3/h4-17H,1-3H3. The van der Waals surface area contributed by atoms with Gasteiger partial charge in [0.2, 0.25) is 0 Å². The van der Waals surface area contributed by atoms with Crippen LogP contribution in [0.5, 0.6) is 11.5 Å². The van der Waals surface area contributed by atoms with Crippen LogP contribution in [0.25, 0.3) is 0 Å². The van der Waals surface area contributed by atoms with Crippen LogP contribution in [0.2, 0.25) is 0 Å². The molecule has 0 N–H and O–H groups in total. The van der Waals surface area contributed by atoms with Crippen LogP contribution in [-0.2, 0) is 10.0 Å². The zero-order valence-corrected chi connectivity index (χ0v) is 16.9. The summed E-state index contributed by atoms with van der Waals surface area (Å²) in [6, 6.07) is 22.6. The van der Waals surface area contributed by atoms with Crippen molar-refractivity contribution < 1.29 is 17.9 Å². The van der Waals surface area contributed by atoms with Gasteiger partial charge in [-0.05, 0) is 36.8 Å². The maximum absolute atomic E-state index is 13.6. The Labute approximate surface area is 166 Å². The number of rotatable bonds is 7. The van der Waals surface area contributed by atoms with E-state index in [1.54, 1.807) is 55.6 Å². The van der Waals surface area contributed by atoms with E-state index in [-0.39, 0.29) is 4.90 Å². The molecule has 3 aromatic rings. The molecule has 5 nitrogen and oxygen atoms in total. The first kappa shape index (κ1) is 19.8. The molecule has 3 aromatic carbocycles. The van der Waals surface area contributed by atoms with Gasteiger partial charge in [-0.1, -0.05) is 48.5 Å². The third-order valence-electron chi connectivity index (χ3n) is 4.56. The number of sulfonamides is 1. The third kappa shape index (κ3) is 3.82. The minimum absolute atomic E-state index is 0.229. The van der Waals surface area contributed by atoms with Crippen LogP contribution in [0.3, 0.4) is 0 Å². The molecule has 0 aliphatic heterocycles. The Bertz CT molecular complexity index is 1020. The summed E-state index contributed by atoms with van der Waals surface area (Å²) in [5.74, 6) is 1.00. The first-order chi connectivity index (χ1) is 13.5. The maximum atomic E-state index is 13.6. The molecule has 1 unspecified atom stereocenters. The van der Waals surface area contributed by atoms with Gasteiger partial charge in [0.05, 0.1) is 30.8 Å². The lowest BCUT2D eigenvalue weighted by atomic mass is 10.1. The number of hydrogen-bond acceptors (Lipinski definition) is 4. The van der Waals surface area contributed by atoms with E-state index in [0.29, 0.717) is 17.2 Å². The van der Waals surface area contributed by atoms with Crippen molar-refractivity contribution in [2.75, 3.05) is 18.5 Å². The molecule has 0 aromatic heterocycles. The average molecular weight is 397 g/mol. The molecule has 146 valence electrons. The molecule has 0 radical (unpaired) electrons. The molecular formula is C22H23NO4S.